The number of aromatic nitrogens is 3. The second-order valence-electron chi connectivity index (χ2n) is 3.18. The standard InChI is InChI=1S/C7H12N4O3S/c1-10-7(5-9-12)11(6-8-10)3-4-15(2,13)14/h5-6H,3-4H2,1-2H3/p+1. The SMILES string of the molecule is Cn1nc[n+](CCS(C)(=O)=O)c1C=NO. The van der Waals surface area contributed by atoms with E-state index in [9.17, 15) is 8.42 Å². The summed E-state index contributed by atoms with van der Waals surface area (Å²) in [6, 6.07) is 0. The molecule has 0 unspecified atom stereocenters. The molecule has 0 spiro atoms. The zero-order chi connectivity index (χ0) is 11.5. The van der Waals surface area contributed by atoms with Crippen LogP contribution >= 0.6 is 0 Å². The molecule has 0 aliphatic rings. The molecule has 1 rings (SSSR count). The van der Waals surface area contributed by atoms with E-state index in [0.29, 0.717) is 5.82 Å². The Bertz CT molecular complexity index is 463. The van der Waals surface area contributed by atoms with Gasteiger partial charge in [0.05, 0.1) is 19.3 Å². The molecule has 0 fully saturated rings. The van der Waals surface area contributed by atoms with Crippen molar-refractivity contribution in [3.8, 4) is 0 Å². The molecule has 0 atom stereocenters. The lowest BCUT2D eigenvalue weighted by Gasteiger charge is -1.97. The number of hydrogen-bond donors (Lipinski definition) is 1. The van der Waals surface area contributed by atoms with E-state index in [0.717, 1.165) is 0 Å². The average molecular weight is 233 g/mol. The lowest BCUT2D eigenvalue weighted by molar-refractivity contribution is -0.694. The summed E-state index contributed by atoms with van der Waals surface area (Å²) in [6.07, 6.45) is 3.86. The van der Waals surface area contributed by atoms with Gasteiger partial charge in [-0.3, -0.25) is 0 Å². The quantitative estimate of drug-likeness (QED) is 0.298. The second-order valence-corrected chi connectivity index (χ2v) is 5.44. The summed E-state index contributed by atoms with van der Waals surface area (Å²) in [5.41, 5.74) is 0. The molecular weight excluding hydrogens is 220 g/mol. The van der Waals surface area contributed by atoms with Crippen LogP contribution in [-0.2, 0) is 23.4 Å². The van der Waals surface area contributed by atoms with Gasteiger partial charge in [-0.15, -0.1) is 4.68 Å². The molecule has 1 heterocycles. The van der Waals surface area contributed by atoms with Crippen molar-refractivity contribution in [3.63, 3.8) is 0 Å². The van der Waals surface area contributed by atoms with Gasteiger partial charge in [0.2, 0.25) is 0 Å². The van der Waals surface area contributed by atoms with E-state index in [2.05, 4.69) is 10.3 Å². The van der Waals surface area contributed by atoms with Crippen LogP contribution < -0.4 is 4.57 Å². The van der Waals surface area contributed by atoms with E-state index in [-0.39, 0.29) is 12.3 Å². The van der Waals surface area contributed by atoms with Gasteiger partial charge >= 0.3 is 0 Å². The first kappa shape index (κ1) is 11.6. The lowest BCUT2D eigenvalue weighted by Crippen LogP contribution is -2.40. The normalized spacial score (nSPS) is 12.4. The average Bonchev–Trinajstić information content (AvgIpc) is 2.45. The molecule has 0 aliphatic carbocycles. The summed E-state index contributed by atoms with van der Waals surface area (Å²) in [6.45, 7) is 0.286. The van der Waals surface area contributed by atoms with E-state index in [1.165, 1.54) is 23.5 Å². The summed E-state index contributed by atoms with van der Waals surface area (Å²) in [5, 5.41) is 15.2. The van der Waals surface area contributed by atoms with Gasteiger partial charge in [-0.1, -0.05) is 5.16 Å². The predicted molar refractivity (Wildman–Crippen MR) is 52.5 cm³/mol. The maximum absolute atomic E-state index is 11.0. The monoisotopic (exact) mass is 233 g/mol. The maximum atomic E-state index is 11.0. The van der Waals surface area contributed by atoms with E-state index in [1.807, 2.05) is 0 Å². The van der Waals surface area contributed by atoms with Gasteiger partial charge in [0.25, 0.3) is 12.2 Å². The molecule has 1 aromatic rings. The molecule has 0 bridgehead atoms. The Morgan fingerprint density at radius 2 is 2.40 bits per heavy atom. The summed E-state index contributed by atoms with van der Waals surface area (Å²) >= 11 is 0. The van der Waals surface area contributed by atoms with Crippen LogP contribution in [0.1, 0.15) is 5.82 Å². The first-order valence-electron chi connectivity index (χ1n) is 4.20. The summed E-state index contributed by atoms with van der Waals surface area (Å²) in [4.78, 5) is 0. The Morgan fingerprint density at radius 3 is 2.93 bits per heavy atom. The van der Waals surface area contributed by atoms with Gasteiger partial charge in [0.15, 0.2) is 9.84 Å². The van der Waals surface area contributed by atoms with Crippen molar-refractivity contribution in [3.05, 3.63) is 12.2 Å². The molecular formula is C7H13N4O3S+. The summed E-state index contributed by atoms with van der Waals surface area (Å²) in [5.74, 6) is 0.552. The lowest BCUT2D eigenvalue weighted by atomic mass is 10.6. The van der Waals surface area contributed by atoms with Crippen molar-refractivity contribution in [2.24, 2.45) is 12.2 Å². The second kappa shape index (κ2) is 4.39. The van der Waals surface area contributed by atoms with Crippen LogP contribution in [0.2, 0.25) is 0 Å². The first-order valence-corrected chi connectivity index (χ1v) is 6.26. The van der Waals surface area contributed by atoms with Crippen molar-refractivity contribution in [2.75, 3.05) is 12.0 Å². The van der Waals surface area contributed by atoms with E-state index < -0.39 is 9.84 Å². The molecule has 15 heavy (non-hydrogen) atoms. The van der Waals surface area contributed by atoms with Crippen molar-refractivity contribution >= 4 is 16.1 Å². The minimum absolute atomic E-state index is 0.0234. The molecule has 0 amide bonds. The van der Waals surface area contributed by atoms with Gasteiger partial charge in [-0.2, -0.15) is 0 Å². The van der Waals surface area contributed by atoms with Crippen LogP contribution in [0.3, 0.4) is 0 Å². The topological polar surface area (TPSA) is 88.4 Å². The zero-order valence-electron chi connectivity index (χ0n) is 8.53. The number of oxime groups is 1. The van der Waals surface area contributed by atoms with Crippen LogP contribution in [0, 0.1) is 0 Å². The minimum Gasteiger partial charge on any atom is -0.411 e. The molecule has 0 aliphatic heterocycles. The van der Waals surface area contributed by atoms with Crippen LogP contribution in [0.15, 0.2) is 11.5 Å². The van der Waals surface area contributed by atoms with E-state index in [1.54, 1.807) is 11.6 Å². The molecule has 1 aromatic heterocycles. The number of aryl methyl sites for hydroxylation is 2. The Labute approximate surface area is 87.6 Å². The largest absolute Gasteiger partial charge is 0.411 e. The molecule has 0 saturated carbocycles. The van der Waals surface area contributed by atoms with Crippen LogP contribution in [0.4, 0.5) is 0 Å². The number of rotatable bonds is 4. The predicted octanol–water partition coefficient (Wildman–Crippen LogP) is -1.44. The Hall–Kier alpha value is -1.44. The third-order valence-electron chi connectivity index (χ3n) is 1.87. The molecule has 0 radical (unpaired) electrons. The highest BCUT2D eigenvalue weighted by atomic mass is 32.2. The van der Waals surface area contributed by atoms with Gasteiger partial charge in [-0.05, 0) is 0 Å². The van der Waals surface area contributed by atoms with Crippen LogP contribution in [0.25, 0.3) is 0 Å². The van der Waals surface area contributed by atoms with Crippen molar-refractivity contribution in [2.45, 2.75) is 6.54 Å². The summed E-state index contributed by atoms with van der Waals surface area (Å²) < 4.78 is 25.0. The fourth-order valence-electron chi connectivity index (χ4n) is 1.09. The number of nitrogens with zero attached hydrogens (tertiary/aromatic N) is 4. The van der Waals surface area contributed by atoms with Crippen LogP contribution in [0.5, 0.6) is 0 Å². The van der Waals surface area contributed by atoms with Crippen molar-refractivity contribution in [1.29, 1.82) is 0 Å². The zero-order valence-corrected chi connectivity index (χ0v) is 9.35. The number of sulfone groups is 1. The third-order valence-corrected chi connectivity index (χ3v) is 2.79. The highest BCUT2D eigenvalue weighted by Crippen LogP contribution is 1.87. The third kappa shape index (κ3) is 3.31. The van der Waals surface area contributed by atoms with Crippen molar-refractivity contribution in [1.82, 2.24) is 9.78 Å². The molecule has 84 valence electrons. The van der Waals surface area contributed by atoms with Gasteiger partial charge < -0.3 is 5.21 Å². The fraction of sp³-hybridized carbons (Fsp3) is 0.571. The smallest absolute Gasteiger partial charge is 0.281 e. The van der Waals surface area contributed by atoms with E-state index in [4.69, 9.17) is 5.21 Å². The molecule has 7 nitrogen and oxygen atoms in total. The van der Waals surface area contributed by atoms with Gasteiger partial charge in [0, 0.05) is 11.4 Å². The Kier molecular flexibility index (Phi) is 3.40. The number of hydrogen-bond acceptors (Lipinski definition) is 5. The summed E-state index contributed by atoms with van der Waals surface area (Å²) in [7, 11) is -1.34. The molecule has 8 heteroatoms. The molecule has 1 N–H and O–H groups in total. The highest BCUT2D eigenvalue weighted by Gasteiger charge is 2.15. The Balaban J connectivity index is 2.86. The fourth-order valence-corrected chi connectivity index (χ4v) is 1.62. The maximum Gasteiger partial charge on any atom is 0.281 e. The molecule has 0 aromatic carbocycles. The van der Waals surface area contributed by atoms with Crippen LogP contribution in [-0.4, -0.2) is 41.6 Å². The van der Waals surface area contributed by atoms with Gasteiger partial charge in [-0.25, -0.2) is 13.0 Å². The molecule has 0 saturated heterocycles. The highest BCUT2D eigenvalue weighted by molar-refractivity contribution is 7.90. The minimum atomic E-state index is -3.01. The first-order chi connectivity index (χ1) is 6.94. The van der Waals surface area contributed by atoms with E-state index >= 15 is 0 Å². The van der Waals surface area contributed by atoms with Gasteiger partial charge in [0.1, 0.15) is 6.21 Å². The van der Waals surface area contributed by atoms with Crippen molar-refractivity contribution < 1.29 is 18.2 Å². The Morgan fingerprint density at radius 1 is 1.73 bits per heavy atom.